The number of hydrogen-bond donors (Lipinski definition) is 0. The van der Waals surface area contributed by atoms with Gasteiger partial charge in [-0.15, -0.1) is 0 Å². The molecule has 0 unspecified atom stereocenters. The number of aromatic nitrogens is 2. The molecule has 6 rings (SSSR count). The summed E-state index contributed by atoms with van der Waals surface area (Å²) in [6.07, 6.45) is -1.47. The van der Waals surface area contributed by atoms with Crippen molar-refractivity contribution in [3.05, 3.63) is 126 Å². The van der Waals surface area contributed by atoms with Gasteiger partial charge in [0.2, 0.25) is 0 Å². The van der Waals surface area contributed by atoms with Gasteiger partial charge in [0.25, 0.3) is 6.71 Å². The molecule has 0 saturated carbocycles. The predicted molar refractivity (Wildman–Crippen MR) is 152 cm³/mol. The number of aryl methyl sites for hydroxylation is 1. The minimum atomic E-state index is -4.47. The Morgan fingerprint density at radius 1 is 0.718 bits per heavy atom. The van der Waals surface area contributed by atoms with Crippen LogP contribution in [0.15, 0.2) is 103 Å². The first-order valence-electron chi connectivity index (χ1n) is 13.8. The van der Waals surface area contributed by atoms with Gasteiger partial charge in [-0.1, -0.05) is 91.5 Å². The molecule has 192 valence electrons. The van der Waals surface area contributed by atoms with Crippen molar-refractivity contribution in [2.75, 3.05) is 0 Å². The number of hydrogen-bond acceptors (Lipinski definition) is 2. The van der Waals surface area contributed by atoms with Crippen LogP contribution in [0.5, 0.6) is 0 Å². The van der Waals surface area contributed by atoms with Crippen molar-refractivity contribution in [2.45, 2.75) is 32.4 Å². The lowest BCUT2D eigenvalue weighted by Gasteiger charge is -2.26. The number of rotatable bonds is 4. The van der Waals surface area contributed by atoms with Crippen molar-refractivity contribution < 1.29 is 15.9 Å². The van der Waals surface area contributed by atoms with Crippen LogP contribution in [0.1, 0.15) is 39.0 Å². The summed E-state index contributed by atoms with van der Waals surface area (Å²) in [5.74, 6) is 0. The first-order valence-corrected chi connectivity index (χ1v) is 12.8. The summed E-state index contributed by atoms with van der Waals surface area (Å²) in [7, 11) is 0. The van der Waals surface area contributed by atoms with Crippen LogP contribution in [-0.4, -0.2) is 16.7 Å². The third-order valence-electron chi connectivity index (χ3n) is 7.67. The van der Waals surface area contributed by atoms with E-state index in [9.17, 15) is 13.2 Å². The molecule has 3 aromatic carbocycles. The van der Waals surface area contributed by atoms with Crippen molar-refractivity contribution in [3.63, 3.8) is 0 Å². The maximum atomic E-state index is 13.4. The van der Waals surface area contributed by atoms with E-state index in [4.69, 9.17) is 7.73 Å². The van der Waals surface area contributed by atoms with Crippen molar-refractivity contribution in [2.24, 2.45) is 0 Å². The summed E-state index contributed by atoms with van der Waals surface area (Å²) >= 11 is 0. The second-order valence-corrected chi connectivity index (χ2v) is 10.6. The standard InChI is InChI=1S/C33H26BF3N2/c1-21-13-15-39-31(17-21)34-28-10-5-4-9-26(28)27-12-11-23(19-29(27)34)22-7-6-8-24(18-22)32(2,3)30-20-25(14-16-38-30)33(35,36)37/h4-20H,1-3H3/i4D,6D. The highest BCUT2D eigenvalue weighted by atomic mass is 19.4. The maximum absolute atomic E-state index is 13.4. The van der Waals surface area contributed by atoms with E-state index in [2.05, 4.69) is 23.2 Å². The molecular formula is C33H26BF3N2. The van der Waals surface area contributed by atoms with Gasteiger partial charge in [0.1, 0.15) is 0 Å². The Labute approximate surface area is 229 Å². The van der Waals surface area contributed by atoms with Gasteiger partial charge in [0.05, 0.1) is 14.0 Å². The Morgan fingerprint density at radius 2 is 1.49 bits per heavy atom. The van der Waals surface area contributed by atoms with E-state index in [0.717, 1.165) is 56.5 Å². The van der Waals surface area contributed by atoms with Gasteiger partial charge in [-0.3, -0.25) is 9.97 Å². The zero-order valence-corrected chi connectivity index (χ0v) is 21.8. The van der Waals surface area contributed by atoms with E-state index < -0.39 is 17.2 Å². The summed E-state index contributed by atoms with van der Waals surface area (Å²) in [5.41, 5.74) is 7.29. The van der Waals surface area contributed by atoms with Crippen molar-refractivity contribution in [1.29, 1.82) is 0 Å². The van der Waals surface area contributed by atoms with Gasteiger partial charge in [-0.05, 0) is 64.6 Å². The molecule has 0 N–H and O–H groups in total. The molecule has 0 saturated heterocycles. The molecule has 0 bridgehead atoms. The molecule has 3 heterocycles. The van der Waals surface area contributed by atoms with Crippen LogP contribution in [0, 0.1) is 6.92 Å². The molecule has 0 spiro atoms. The van der Waals surface area contributed by atoms with E-state index in [-0.39, 0.29) is 18.4 Å². The van der Waals surface area contributed by atoms with Crippen LogP contribution in [0.3, 0.4) is 0 Å². The smallest absolute Gasteiger partial charge is 0.270 e. The number of nitrogens with zero attached hydrogens (tertiary/aromatic N) is 2. The lowest BCUT2D eigenvalue weighted by molar-refractivity contribution is -0.137. The van der Waals surface area contributed by atoms with Gasteiger partial charge >= 0.3 is 6.18 Å². The van der Waals surface area contributed by atoms with Crippen molar-refractivity contribution in [3.8, 4) is 22.3 Å². The van der Waals surface area contributed by atoms with Crippen LogP contribution in [0.25, 0.3) is 22.3 Å². The van der Waals surface area contributed by atoms with Crippen molar-refractivity contribution >= 4 is 23.2 Å². The number of halogens is 3. The van der Waals surface area contributed by atoms with E-state index in [1.54, 1.807) is 18.2 Å². The van der Waals surface area contributed by atoms with Crippen LogP contribution in [0.2, 0.25) is 0 Å². The molecule has 0 radical (unpaired) electrons. The number of pyridine rings is 2. The van der Waals surface area contributed by atoms with Gasteiger partial charge in [-0.25, -0.2) is 0 Å². The molecule has 39 heavy (non-hydrogen) atoms. The Balaban J connectivity index is 1.47. The summed E-state index contributed by atoms with van der Waals surface area (Å²) in [6, 6.07) is 24.0. The molecule has 2 aromatic heterocycles. The van der Waals surface area contributed by atoms with E-state index in [1.165, 1.54) is 6.20 Å². The largest absolute Gasteiger partial charge is 0.416 e. The van der Waals surface area contributed by atoms with Crippen LogP contribution in [-0.2, 0) is 11.6 Å². The first-order chi connectivity index (χ1) is 19.4. The maximum Gasteiger partial charge on any atom is 0.416 e. The fraction of sp³-hybridized carbons (Fsp3) is 0.152. The van der Waals surface area contributed by atoms with Gasteiger partial charge < -0.3 is 0 Å². The van der Waals surface area contributed by atoms with E-state index in [0.29, 0.717) is 11.6 Å². The number of benzene rings is 3. The van der Waals surface area contributed by atoms with Crippen LogP contribution >= 0.6 is 0 Å². The fourth-order valence-corrected chi connectivity index (χ4v) is 5.45. The lowest BCUT2D eigenvalue weighted by atomic mass is 9.40. The minimum Gasteiger partial charge on any atom is -0.270 e. The SMILES string of the molecule is [2H]c1cc(-c2ccc3c(c2)B(c2cc(C)ccn2)c2ccc([2H])cc2-3)cc(C(C)(C)c2cc(C(F)(F)F)ccn2)c1. The third-order valence-corrected chi connectivity index (χ3v) is 7.67. The number of fused-ring (bicyclic) bond motifs is 3. The molecule has 1 aliphatic rings. The number of alkyl halides is 3. The van der Waals surface area contributed by atoms with Gasteiger partial charge in [-0.2, -0.15) is 13.2 Å². The van der Waals surface area contributed by atoms with E-state index in [1.807, 2.05) is 57.3 Å². The second-order valence-electron chi connectivity index (χ2n) is 10.6. The molecule has 0 amide bonds. The zero-order chi connectivity index (χ0) is 29.1. The Morgan fingerprint density at radius 3 is 2.28 bits per heavy atom. The lowest BCUT2D eigenvalue weighted by Crippen LogP contribution is -2.50. The second kappa shape index (κ2) is 9.23. The Hall–Kier alpha value is -4.19. The average Bonchev–Trinajstić information content (AvgIpc) is 3.25. The summed E-state index contributed by atoms with van der Waals surface area (Å²) in [6.45, 7) is 5.58. The van der Waals surface area contributed by atoms with Gasteiger partial charge in [0.15, 0.2) is 0 Å². The zero-order valence-electron chi connectivity index (χ0n) is 23.8. The monoisotopic (exact) mass is 520 g/mol. The summed E-state index contributed by atoms with van der Waals surface area (Å²) in [4.78, 5) is 8.98. The van der Waals surface area contributed by atoms with Crippen LogP contribution < -0.4 is 16.5 Å². The molecule has 2 nitrogen and oxygen atoms in total. The molecule has 6 heteroatoms. The Bertz CT molecular complexity index is 1820. The third kappa shape index (κ3) is 4.44. The quantitative estimate of drug-likeness (QED) is 0.255. The highest BCUT2D eigenvalue weighted by molar-refractivity contribution is 6.98. The topological polar surface area (TPSA) is 25.8 Å². The normalized spacial score (nSPS) is 13.5. The molecule has 0 atom stereocenters. The highest BCUT2D eigenvalue weighted by Crippen LogP contribution is 2.36. The predicted octanol–water partition coefficient (Wildman–Crippen LogP) is 6.29. The van der Waals surface area contributed by atoms with Crippen molar-refractivity contribution in [1.82, 2.24) is 9.97 Å². The average molecular weight is 520 g/mol. The van der Waals surface area contributed by atoms with Crippen LogP contribution in [0.4, 0.5) is 13.2 Å². The highest BCUT2D eigenvalue weighted by Gasteiger charge is 2.35. The molecule has 0 aliphatic carbocycles. The Kier molecular flexibility index (Phi) is 5.39. The van der Waals surface area contributed by atoms with E-state index >= 15 is 0 Å². The first kappa shape index (κ1) is 22.8. The summed E-state index contributed by atoms with van der Waals surface area (Å²) < 4.78 is 57.1. The van der Waals surface area contributed by atoms with Gasteiger partial charge in [0, 0.05) is 23.4 Å². The minimum absolute atomic E-state index is 0.107. The fourth-order valence-electron chi connectivity index (χ4n) is 5.45. The molecular weight excluding hydrogens is 492 g/mol. The molecule has 1 aliphatic heterocycles. The molecule has 5 aromatic rings. The molecule has 0 fully saturated rings. The summed E-state index contributed by atoms with van der Waals surface area (Å²) in [5, 5.41) is 0.